The number of nitrogens with one attached hydrogen (secondary N) is 1. The van der Waals surface area contributed by atoms with E-state index in [0.717, 1.165) is 5.70 Å². The number of hydrogen-bond donors (Lipinski definition) is 2. The molecule has 0 aromatic rings. The Kier molecular flexibility index (Phi) is 5.01. The third kappa shape index (κ3) is 3.94. The fourth-order valence-corrected chi connectivity index (χ4v) is 0.569. The van der Waals surface area contributed by atoms with Crippen LogP contribution in [0.4, 0.5) is 0 Å². The van der Waals surface area contributed by atoms with Crippen molar-refractivity contribution in [2.24, 2.45) is 21.4 Å². The lowest BCUT2D eigenvalue weighted by Gasteiger charge is -2.21. The van der Waals surface area contributed by atoms with E-state index in [4.69, 9.17) is 5.84 Å². The molecule has 0 rings (SSSR count). The normalized spacial score (nSPS) is 11.5. The zero-order valence-electron chi connectivity index (χ0n) is 8.10. The maximum absolute atomic E-state index is 4.88. The summed E-state index contributed by atoms with van der Waals surface area (Å²) >= 11 is 0. The van der Waals surface area contributed by atoms with E-state index < -0.39 is 0 Å². The lowest BCUT2D eigenvalue weighted by molar-refractivity contribution is 0.0466. The number of nitrogens with two attached hydrogens (primary N) is 1. The number of rotatable bonds is 5. The average Bonchev–Trinajstić information content (AvgIpc) is 2.14. The van der Waals surface area contributed by atoms with Crippen LogP contribution in [0.5, 0.6) is 0 Å². The number of allylic oxidation sites excluding steroid dienone is 1. The third-order valence-corrected chi connectivity index (χ3v) is 1.33. The van der Waals surface area contributed by atoms with Gasteiger partial charge >= 0.3 is 0 Å². The fraction of sp³-hybridized carbons (Fsp3) is 0.500. The van der Waals surface area contributed by atoms with Crippen molar-refractivity contribution in [1.82, 2.24) is 15.6 Å². The highest BCUT2D eigenvalue weighted by Crippen LogP contribution is 1.99. The summed E-state index contributed by atoms with van der Waals surface area (Å²) in [7, 11) is 3.45. The summed E-state index contributed by atoms with van der Waals surface area (Å²) in [6.45, 7) is 5.25. The largest absolute Gasteiger partial charge is 0.390 e. The van der Waals surface area contributed by atoms with Gasteiger partial charge in [0.15, 0.2) is 0 Å². The van der Waals surface area contributed by atoms with Gasteiger partial charge in [-0.05, 0) is 12.1 Å². The molecule has 0 saturated carbocycles. The van der Waals surface area contributed by atoms with E-state index in [1.165, 1.54) is 10.2 Å². The average molecular weight is 185 g/mol. The summed E-state index contributed by atoms with van der Waals surface area (Å²) in [6.07, 6.45) is 1.70. The fourth-order valence-electron chi connectivity index (χ4n) is 0.569. The van der Waals surface area contributed by atoms with Crippen molar-refractivity contribution in [1.29, 1.82) is 0 Å². The third-order valence-electron chi connectivity index (χ3n) is 1.33. The Morgan fingerprint density at radius 2 is 2.23 bits per heavy atom. The molecule has 0 aliphatic rings. The van der Waals surface area contributed by atoms with Gasteiger partial charge in [0, 0.05) is 19.5 Å². The molecule has 74 valence electrons. The maximum atomic E-state index is 4.88. The highest BCUT2D eigenvalue weighted by molar-refractivity contribution is 5.22. The molecule has 0 aliphatic carbocycles. The molecule has 0 unspecified atom stereocenters. The number of nitrogens with zero attached hydrogens (tertiary/aromatic N) is 5. The van der Waals surface area contributed by atoms with E-state index in [-0.39, 0.29) is 0 Å². The minimum Gasteiger partial charge on any atom is -0.390 e. The maximum Gasteiger partial charge on any atom is 0.0678 e. The van der Waals surface area contributed by atoms with E-state index in [1.807, 2.05) is 6.92 Å². The molecule has 0 spiro atoms. The van der Waals surface area contributed by atoms with Gasteiger partial charge in [-0.3, -0.25) is 0 Å². The Bertz CT molecular complexity index is 209. The number of hydrogen-bond acceptors (Lipinski definition) is 5. The first-order valence-electron chi connectivity index (χ1n) is 3.62. The molecule has 0 saturated heterocycles. The quantitative estimate of drug-likeness (QED) is 0.275. The van der Waals surface area contributed by atoms with Crippen molar-refractivity contribution >= 4 is 6.72 Å². The minimum atomic E-state index is 0.909. The van der Waals surface area contributed by atoms with Crippen LogP contribution in [0.3, 0.4) is 0 Å². The molecule has 7 nitrogen and oxygen atoms in total. The van der Waals surface area contributed by atoms with Crippen LogP contribution in [-0.4, -0.2) is 31.0 Å². The predicted octanol–water partition coefficient (Wildman–Crippen LogP) is 0.0724. The summed E-state index contributed by atoms with van der Waals surface area (Å²) in [4.78, 5) is 0. The molecule has 0 heterocycles. The van der Waals surface area contributed by atoms with E-state index >= 15 is 0 Å². The van der Waals surface area contributed by atoms with Gasteiger partial charge in [-0.25, -0.2) is 0 Å². The van der Waals surface area contributed by atoms with Gasteiger partial charge in [0.05, 0.1) is 13.2 Å². The first-order valence-corrected chi connectivity index (χ1v) is 3.62. The van der Waals surface area contributed by atoms with Gasteiger partial charge in [-0.1, -0.05) is 5.22 Å². The van der Waals surface area contributed by atoms with Crippen molar-refractivity contribution in [2.75, 3.05) is 14.1 Å². The van der Waals surface area contributed by atoms with Crippen molar-refractivity contribution in [3.63, 3.8) is 0 Å². The van der Waals surface area contributed by atoms with Crippen LogP contribution in [0.25, 0.3) is 0 Å². The van der Waals surface area contributed by atoms with Crippen LogP contribution in [0.15, 0.2) is 27.4 Å². The van der Waals surface area contributed by atoms with Crippen LogP contribution in [-0.2, 0) is 0 Å². The summed E-state index contributed by atoms with van der Waals surface area (Å²) in [5, 5.41) is 16.0. The van der Waals surface area contributed by atoms with Crippen LogP contribution >= 0.6 is 0 Å². The zero-order valence-corrected chi connectivity index (χ0v) is 8.10. The molecule has 0 bridgehead atoms. The van der Waals surface area contributed by atoms with Crippen LogP contribution < -0.4 is 11.2 Å². The lowest BCUT2D eigenvalue weighted by atomic mass is 10.5. The molecular formula is C6H15N7. The molecule has 0 aromatic heterocycles. The second-order valence-electron chi connectivity index (χ2n) is 2.22. The minimum absolute atomic E-state index is 0.909. The standard InChI is InChI=1S/C6H15N7/c1-6(8-2)5-13(9-3)12(4)11-10-7/h5,8H,3H2,1-2,4H3,(H2,7,11)/b6-5-. The van der Waals surface area contributed by atoms with Gasteiger partial charge in [0.2, 0.25) is 0 Å². The summed E-state index contributed by atoms with van der Waals surface area (Å²) in [6, 6.07) is 0. The molecule has 7 heteroatoms. The first kappa shape index (κ1) is 11.2. The van der Waals surface area contributed by atoms with Crippen LogP contribution in [0, 0.1) is 0 Å². The molecule has 0 fully saturated rings. The van der Waals surface area contributed by atoms with Crippen LogP contribution in [0.1, 0.15) is 6.92 Å². The Balaban J connectivity index is 4.42. The Hall–Kier alpha value is -1.79. The summed E-state index contributed by atoms with van der Waals surface area (Å²) in [5.41, 5.74) is 0.909. The molecule has 3 N–H and O–H groups in total. The van der Waals surface area contributed by atoms with Crippen LogP contribution in [0.2, 0.25) is 0 Å². The Morgan fingerprint density at radius 1 is 1.62 bits per heavy atom. The van der Waals surface area contributed by atoms with Gasteiger partial charge in [-0.15, -0.1) is 0 Å². The van der Waals surface area contributed by atoms with Crippen molar-refractivity contribution in [3.8, 4) is 0 Å². The van der Waals surface area contributed by atoms with Crippen molar-refractivity contribution in [3.05, 3.63) is 11.9 Å². The molecule has 13 heavy (non-hydrogen) atoms. The van der Waals surface area contributed by atoms with E-state index in [9.17, 15) is 0 Å². The van der Waals surface area contributed by atoms with E-state index in [0.29, 0.717) is 0 Å². The van der Waals surface area contributed by atoms with Gasteiger partial charge in [0.1, 0.15) is 0 Å². The Labute approximate surface area is 77.5 Å². The van der Waals surface area contributed by atoms with Gasteiger partial charge in [-0.2, -0.15) is 15.3 Å². The first-order chi connectivity index (χ1) is 6.15. The molecule has 0 aliphatic heterocycles. The summed E-state index contributed by atoms with van der Waals surface area (Å²) in [5.74, 6) is 4.88. The zero-order chi connectivity index (χ0) is 10.3. The second-order valence-corrected chi connectivity index (χ2v) is 2.22. The van der Waals surface area contributed by atoms with Crippen molar-refractivity contribution in [2.45, 2.75) is 6.92 Å². The monoisotopic (exact) mass is 185 g/mol. The Morgan fingerprint density at radius 3 is 2.62 bits per heavy atom. The SMILES string of the molecule is C=NN(/C=C(/C)NC)N(C)/N=N\N. The molecular weight excluding hydrogens is 170 g/mol. The molecule has 0 atom stereocenters. The molecule has 0 aromatic carbocycles. The topological polar surface area (TPSA) is 81.6 Å². The second kappa shape index (κ2) is 5.81. The molecule has 0 radical (unpaired) electrons. The smallest absolute Gasteiger partial charge is 0.0678 e. The highest BCUT2D eigenvalue weighted by atomic mass is 15.9. The van der Waals surface area contributed by atoms with Gasteiger partial charge in [0.25, 0.3) is 0 Å². The highest BCUT2D eigenvalue weighted by Gasteiger charge is 2.01. The predicted molar refractivity (Wildman–Crippen MR) is 51.0 cm³/mol. The van der Waals surface area contributed by atoms with E-state index in [1.54, 1.807) is 20.3 Å². The van der Waals surface area contributed by atoms with E-state index in [2.05, 4.69) is 27.6 Å². The molecule has 0 amide bonds. The lowest BCUT2D eigenvalue weighted by Crippen LogP contribution is -2.27. The van der Waals surface area contributed by atoms with Crippen molar-refractivity contribution < 1.29 is 0 Å². The van der Waals surface area contributed by atoms with Gasteiger partial charge < -0.3 is 11.2 Å². The number of hydrazine groups is 1. The summed E-state index contributed by atoms with van der Waals surface area (Å²) < 4.78 is 0. The number of hydrazone groups is 1.